The van der Waals surface area contributed by atoms with Gasteiger partial charge in [0.15, 0.2) is 0 Å². The van der Waals surface area contributed by atoms with Crippen LogP contribution in [-0.2, 0) is 6.42 Å². The average molecular weight is 369 g/mol. The quantitative estimate of drug-likeness (QED) is 0.587. The summed E-state index contributed by atoms with van der Waals surface area (Å²) in [7, 11) is 0. The summed E-state index contributed by atoms with van der Waals surface area (Å²) in [6, 6.07) is 12.0. The second kappa shape index (κ2) is 6.20. The molecule has 0 bridgehead atoms. The fourth-order valence-corrected chi connectivity index (χ4v) is 3.96. The molecule has 7 heteroatoms. The summed E-state index contributed by atoms with van der Waals surface area (Å²) in [5.41, 5.74) is 6.66. The molecule has 28 heavy (non-hydrogen) atoms. The minimum atomic E-state index is -0.130. The molecule has 1 aliphatic heterocycles. The second-order valence-electron chi connectivity index (χ2n) is 7.12. The van der Waals surface area contributed by atoms with Crippen LogP contribution in [0.25, 0.3) is 5.52 Å². The van der Waals surface area contributed by atoms with Crippen molar-refractivity contribution in [3.05, 3.63) is 76.8 Å². The summed E-state index contributed by atoms with van der Waals surface area (Å²) in [5, 5.41) is 14.1. The van der Waals surface area contributed by atoms with Crippen molar-refractivity contribution >= 4 is 11.3 Å². The minimum absolute atomic E-state index is 0.130. The fraction of sp³-hybridized carbons (Fsp3) is 0.238. The van der Waals surface area contributed by atoms with Crippen LogP contribution in [-0.4, -0.2) is 31.1 Å². The zero-order valence-corrected chi connectivity index (χ0v) is 15.7. The molecule has 4 aromatic rings. The lowest BCUT2D eigenvalue weighted by Gasteiger charge is -2.35. The number of nitrogens with one attached hydrogen (secondary N) is 1. The molecule has 4 aromatic heterocycles. The number of aromatic amines is 1. The van der Waals surface area contributed by atoms with Gasteiger partial charge in [-0.3, -0.25) is 0 Å². The molecule has 1 N–H and O–H groups in total. The Morgan fingerprint density at radius 1 is 1.25 bits per heavy atom. The van der Waals surface area contributed by atoms with Crippen molar-refractivity contribution in [3.8, 4) is 6.07 Å². The summed E-state index contributed by atoms with van der Waals surface area (Å²) in [6.07, 6.45) is 4.58. The monoisotopic (exact) mass is 369 g/mol. The Balaban J connectivity index is 1.67. The largest absolute Gasteiger partial charge is 0.348 e. The van der Waals surface area contributed by atoms with Crippen LogP contribution >= 0.6 is 0 Å². The molecular weight excluding hydrogens is 350 g/mol. The summed E-state index contributed by atoms with van der Waals surface area (Å²) < 4.78 is 1.92. The van der Waals surface area contributed by atoms with E-state index in [9.17, 15) is 5.26 Å². The van der Waals surface area contributed by atoms with E-state index in [0.717, 1.165) is 47.1 Å². The van der Waals surface area contributed by atoms with Gasteiger partial charge >= 0.3 is 0 Å². The molecule has 1 atom stereocenters. The van der Waals surface area contributed by atoms with Gasteiger partial charge in [-0.25, -0.2) is 14.5 Å². The molecule has 5 rings (SSSR count). The summed E-state index contributed by atoms with van der Waals surface area (Å²) >= 11 is 0. The summed E-state index contributed by atoms with van der Waals surface area (Å²) in [5.74, 6) is 0.837. The maximum atomic E-state index is 9.23. The number of rotatable bonds is 2. The smallest absolute Gasteiger partial charge is 0.129 e. The second-order valence-corrected chi connectivity index (χ2v) is 7.12. The van der Waals surface area contributed by atoms with Crippen LogP contribution in [0, 0.1) is 25.2 Å². The highest BCUT2D eigenvalue weighted by molar-refractivity contribution is 5.58. The van der Waals surface area contributed by atoms with E-state index in [2.05, 4.69) is 40.0 Å². The minimum Gasteiger partial charge on any atom is -0.348 e. The SMILES string of the molecule is Cc1nc(N2CCc3[nH]cnc3[C@@H]2c2cc3c(C)cccn3n2)ccc1C#N. The third kappa shape index (κ3) is 2.46. The molecule has 5 heterocycles. The van der Waals surface area contributed by atoms with Gasteiger partial charge in [0.2, 0.25) is 0 Å². The number of H-pyrrole nitrogens is 1. The van der Waals surface area contributed by atoms with Crippen LogP contribution in [0.5, 0.6) is 0 Å². The first-order valence-electron chi connectivity index (χ1n) is 9.27. The van der Waals surface area contributed by atoms with E-state index in [1.807, 2.05) is 35.8 Å². The predicted molar refractivity (Wildman–Crippen MR) is 105 cm³/mol. The average Bonchev–Trinajstić information content (AvgIpc) is 3.34. The third-order valence-electron chi connectivity index (χ3n) is 5.42. The van der Waals surface area contributed by atoms with E-state index in [1.54, 1.807) is 6.33 Å². The Bertz CT molecular complexity index is 1230. The van der Waals surface area contributed by atoms with Gasteiger partial charge in [0, 0.05) is 24.9 Å². The van der Waals surface area contributed by atoms with Crippen LogP contribution in [0.3, 0.4) is 0 Å². The zero-order chi connectivity index (χ0) is 19.3. The van der Waals surface area contributed by atoms with Crippen LogP contribution in [0.4, 0.5) is 5.82 Å². The van der Waals surface area contributed by atoms with Crippen LogP contribution < -0.4 is 4.90 Å². The van der Waals surface area contributed by atoms with Gasteiger partial charge in [0.05, 0.1) is 34.5 Å². The standard InChI is InChI=1S/C21H19N7/c1-13-4-3-8-28-18(13)10-17(26-28)21-20-16(23-12-24-20)7-9-27(21)19-6-5-15(11-22)14(2)25-19/h3-6,8,10,12,21H,7,9H2,1-2H3,(H,23,24)/t21-/m0/s1. The number of hydrogen-bond donors (Lipinski definition) is 1. The molecule has 0 aliphatic carbocycles. The summed E-state index contributed by atoms with van der Waals surface area (Å²) in [4.78, 5) is 14.8. The van der Waals surface area contributed by atoms with E-state index in [-0.39, 0.29) is 6.04 Å². The number of nitrogens with zero attached hydrogens (tertiary/aromatic N) is 6. The molecule has 0 unspecified atom stereocenters. The predicted octanol–water partition coefficient (Wildman–Crippen LogP) is 3.09. The molecule has 7 nitrogen and oxygen atoms in total. The van der Waals surface area contributed by atoms with Crippen molar-refractivity contribution in [2.45, 2.75) is 26.3 Å². The molecule has 0 fully saturated rings. The normalized spacial score (nSPS) is 16.2. The van der Waals surface area contributed by atoms with Crippen molar-refractivity contribution in [2.24, 2.45) is 0 Å². The van der Waals surface area contributed by atoms with Gasteiger partial charge in [0.25, 0.3) is 0 Å². The van der Waals surface area contributed by atoms with Crippen molar-refractivity contribution in [1.29, 1.82) is 5.26 Å². The highest BCUT2D eigenvalue weighted by atomic mass is 15.3. The van der Waals surface area contributed by atoms with E-state index in [0.29, 0.717) is 5.56 Å². The van der Waals surface area contributed by atoms with Gasteiger partial charge in [-0.1, -0.05) is 6.07 Å². The maximum Gasteiger partial charge on any atom is 0.129 e. The van der Waals surface area contributed by atoms with Crippen molar-refractivity contribution in [2.75, 3.05) is 11.4 Å². The van der Waals surface area contributed by atoms with Crippen LogP contribution in [0.2, 0.25) is 0 Å². The van der Waals surface area contributed by atoms with E-state index < -0.39 is 0 Å². The lowest BCUT2D eigenvalue weighted by atomic mass is 9.99. The fourth-order valence-electron chi connectivity index (χ4n) is 3.96. The first kappa shape index (κ1) is 16.5. The van der Waals surface area contributed by atoms with Crippen molar-refractivity contribution in [3.63, 3.8) is 0 Å². The van der Waals surface area contributed by atoms with Crippen LogP contribution in [0.1, 0.15) is 39.9 Å². The number of hydrogen-bond acceptors (Lipinski definition) is 5. The molecule has 138 valence electrons. The number of imidazole rings is 1. The number of anilines is 1. The molecule has 0 spiro atoms. The highest BCUT2D eigenvalue weighted by Gasteiger charge is 2.34. The Hall–Kier alpha value is -3.66. The highest BCUT2D eigenvalue weighted by Crippen LogP contribution is 2.36. The first-order valence-corrected chi connectivity index (χ1v) is 9.27. The molecule has 0 amide bonds. The van der Waals surface area contributed by atoms with E-state index >= 15 is 0 Å². The van der Waals surface area contributed by atoms with Gasteiger partial charge in [-0.15, -0.1) is 0 Å². The molecule has 0 aromatic carbocycles. The Labute approximate surface area is 162 Å². The maximum absolute atomic E-state index is 9.23. The number of aryl methyl sites for hydroxylation is 2. The van der Waals surface area contributed by atoms with Crippen molar-refractivity contribution < 1.29 is 0 Å². The lowest BCUT2D eigenvalue weighted by molar-refractivity contribution is 0.610. The first-order chi connectivity index (χ1) is 13.7. The molecule has 1 aliphatic rings. The Kier molecular flexibility index (Phi) is 3.66. The van der Waals surface area contributed by atoms with Crippen LogP contribution in [0.15, 0.2) is 42.9 Å². The number of aromatic nitrogens is 5. The van der Waals surface area contributed by atoms with E-state index in [1.165, 1.54) is 5.56 Å². The topological polar surface area (TPSA) is 85.9 Å². The van der Waals surface area contributed by atoms with Gasteiger partial charge in [-0.2, -0.15) is 10.4 Å². The van der Waals surface area contributed by atoms with Crippen molar-refractivity contribution in [1.82, 2.24) is 24.6 Å². The number of nitriles is 1. The Morgan fingerprint density at radius 2 is 2.14 bits per heavy atom. The van der Waals surface area contributed by atoms with Gasteiger partial charge in [0.1, 0.15) is 17.9 Å². The van der Waals surface area contributed by atoms with Gasteiger partial charge < -0.3 is 9.88 Å². The molecule has 0 radical (unpaired) electrons. The number of fused-ring (bicyclic) bond motifs is 2. The molecule has 0 saturated heterocycles. The zero-order valence-electron chi connectivity index (χ0n) is 15.7. The number of pyridine rings is 2. The molecule has 0 saturated carbocycles. The molecular formula is C21H19N7. The summed E-state index contributed by atoms with van der Waals surface area (Å²) in [6.45, 7) is 4.76. The van der Waals surface area contributed by atoms with E-state index in [4.69, 9.17) is 10.1 Å². The third-order valence-corrected chi connectivity index (χ3v) is 5.42. The van der Waals surface area contributed by atoms with Gasteiger partial charge in [-0.05, 0) is 43.7 Å². The Morgan fingerprint density at radius 3 is 2.93 bits per heavy atom. The lowest BCUT2D eigenvalue weighted by Crippen LogP contribution is -2.37.